The molecule has 1 aromatic rings. The van der Waals surface area contributed by atoms with E-state index in [4.69, 9.17) is 10.5 Å². The van der Waals surface area contributed by atoms with E-state index in [1.54, 1.807) is 32.7 Å². The highest BCUT2D eigenvalue weighted by molar-refractivity contribution is 6.00. The predicted octanol–water partition coefficient (Wildman–Crippen LogP) is 1.73. The number of hydrogen-bond acceptors (Lipinski definition) is 4. The van der Waals surface area contributed by atoms with Gasteiger partial charge in [0, 0.05) is 25.3 Å². The molecule has 0 aromatic heterocycles. The molecular formula is C16H23N3O3. The molecule has 2 amide bonds. The molecule has 1 aromatic carbocycles. The van der Waals surface area contributed by atoms with Crippen LogP contribution < -0.4 is 16.0 Å². The van der Waals surface area contributed by atoms with Gasteiger partial charge in [0.1, 0.15) is 5.60 Å². The quantitative estimate of drug-likeness (QED) is 0.890. The van der Waals surface area contributed by atoms with Gasteiger partial charge in [-0.25, -0.2) is 4.79 Å². The van der Waals surface area contributed by atoms with Crippen molar-refractivity contribution in [3.05, 3.63) is 29.3 Å². The van der Waals surface area contributed by atoms with Crippen LogP contribution in [0.3, 0.4) is 0 Å². The fourth-order valence-corrected chi connectivity index (χ4v) is 2.35. The molecule has 0 saturated carbocycles. The van der Waals surface area contributed by atoms with E-state index in [0.717, 1.165) is 16.8 Å². The third-order valence-electron chi connectivity index (χ3n) is 3.47. The van der Waals surface area contributed by atoms with Crippen LogP contribution in [0.2, 0.25) is 0 Å². The SMILES string of the molecule is CN1C(=O)Cc2cc(C(N)CNC(=O)OC(C)(C)C)ccc21. The van der Waals surface area contributed by atoms with Gasteiger partial charge in [0.2, 0.25) is 5.91 Å². The zero-order valence-electron chi connectivity index (χ0n) is 13.5. The van der Waals surface area contributed by atoms with Crippen LogP contribution in [-0.2, 0) is 16.0 Å². The standard InChI is InChI=1S/C16H23N3O3/c1-16(2,3)22-15(21)18-9-12(17)10-5-6-13-11(7-10)8-14(20)19(13)4/h5-7,12H,8-9,17H2,1-4H3,(H,18,21). The summed E-state index contributed by atoms with van der Waals surface area (Å²) in [6.45, 7) is 5.69. The van der Waals surface area contributed by atoms with E-state index in [1.807, 2.05) is 18.2 Å². The number of fused-ring (bicyclic) bond motifs is 1. The minimum absolute atomic E-state index is 0.0765. The summed E-state index contributed by atoms with van der Waals surface area (Å²) in [5.41, 5.74) is 8.34. The lowest BCUT2D eigenvalue weighted by Gasteiger charge is -2.21. The van der Waals surface area contributed by atoms with Gasteiger partial charge < -0.3 is 20.7 Å². The van der Waals surface area contributed by atoms with Crippen molar-refractivity contribution in [2.75, 3.05) is 18.5 Å². The van der Waals surface area contributed by atoms with Crippen molar-refractivity contribution in [1.82, 2.24) is 5.32 Å². The van der Waals surface area contributed by atoms with E-state index < -0.39 is 11.7 Å². The molecule has 1 aliphatic heterocycles. The van der Waals surface area contributed by atoms with Gasteiger partial charge in [0.15, 0.2) is 0 Å². The molecule has 0 radical (unpaired) electrons. The maximum absolute atomic E-state index is 11.7. The van der Waals surface area contributed by atoms with E-state index in [-0.39, 0.29) is 18.5 Å². The summed E-state index contributed by atoms with van der Waals surface area (Å²) in [7, 11) is 1.76. The summed E-state index contributed by atoms with van der Waals surface area (Å²) in [5.74, 6) is 0.0765. The molecule has 1 atom stereocenters. The minimum Gasteiger partial charge on any atom is -0.444 e. The van der Waals surface area contributed by atoms with Crippen molar-refractivity contribution >= 4 is 17.7 Å². The van der Waals surface area contributed by atoms with Crippen LogP contribution in [0.25, 0.3) is 0 Å². The molecule has 3 N–H and O–H groups in total. The van der Waals surface area contributed by atoms with E-state index in [2.05, 4.69) is 5.32 Å². The lowest BCUT2D eigenvalue weighted by Crippen LogP contribution is -2.36. The second-order valence-electron chi connectivity index (χ2n) is 6.51. The second kappa shape index (κ2) is 5.96. The van der Waals surface area contributed by atoms with E-state index in [9.17, 15) is 9.59 Å². The monoisotopic (exact) mass is 305 g/mol. The maximum Gasteiger partial charge on any atom is 0.407 e. The molecule has 1 unspecified atom stereocenters. The van der Waals surface area contributed by atoms with Crippen molar-refractivity contribution in [3.8, 4) is 0 Å². The Labute approximate surface area is 130 Å². The predicted molar refractivity (Wildman–Crippen MR) is 84.7 cm³/mol. The van der Waals surface area contributed by atoms with Gasteiger partial charge in [-0.2, -0.15) is 0 Å². The summed E-state index contributed by atoms with van der Waals surface area (Å²) in [6, 6.07) is 5.36. The molecule has 22 heavy (non-hydrogen) atoms. The summed E-state index contributed by atoms with van der Waals surface area (Å²) in [6.07, 6.45) is -0.0923. The van der Waals surface area contributed by atoms with Crippen LogP contribution in [-0.4, -0.2) is 31.2 Å². The number of rotatable bonds is 3. The number of benzene rings is 1. The molecule has 1 heterocycles. The van der Waals surface area contributed by atoms with Crippen LogP contribution >= 0.6 is 0 Å². The molecule has 0 spiro atoms. The number of carbonyl (C=O) groups is 2. The van der Waals surface area contributed by atoms with Crippen molar-refractivity contribution in [1.29, 1.82) is 0 Å². The Kier molecular flexibility index (Phi) is 4.42. The number of nitrogens with one attached hydrogen (secondary N) is 1. The highest BCUT2D eigenvalue weighted by Gasteiger charge is 2.24. The summed E-state index contributed by atoms with van der Waals surface area (Å²) < 4.78 is 5.17. The first-order chi connectivity index (χ1) is 10.2. The zero-order chi connectivity index (χ0) is 16.5. The summed E-state index contributed by atoms with van der Waals surface area (Å²) in [4.78, 5) is 25.0. The van der Waals surface area contributed by atoms with Gasteiger partial charge >= 0.3 is 6.09 Å². The molecular weight excluding hydrogens is 282 g/mol. The Morgan fingerprint density at radius 2 is 2.14 bits per heavy atom. The van der Waals surface area contributed by atoms with Gasteiger partial charge in [-0.15, -0.1) is 0 Å². The normalized spacial score (nSPS) is 15.5. The topological polar surface area (TPSA) is 84.7 Å². The Morgan fingerprint density at radius 3 is 2.77 bits per heavy atom. The molecule has 2 rings (SSSR count). The second-order valence-corrected chi connectivity index (χ2v) is 6.51. The van der Waals surface area contributed by atoms with Crippen molar-refractivity contribution < 1.29 is 14.3 Å². The average molecular weight is 305 g/mol. The Hall–Kier alpha value is -2.08. The van der Waals surface area contributed by atoms with Crippen molar-refractivity contribution in [2.45, 2.75) is 38.8 Å². The highest BCUT2D eigenvalue weighted by atomic mass is 16.6. The third kappa shape index (κ3) is 3.76. The molecule has 6 nitrogen and oxygen atoms in total. The summed E-state index contributed by atoms with van der Waals surface area (Å²) in [5, 5.41) is 2.66. The minimum atomic E-state index is -0.535. The van der Waals surface area contributed by atoms with Crippen LogP contribution in [0.15, 0.2) is 18.2 Å². The number of carbonyl (C=O) groups excluding carboxylic acids is 2. The largest absolute Gasteiger partial charge is 0.444 e. The highest BCUT2D eigenvalue weighted by Crippen LogP contribution is 2.29. The molecule has 0 fully saturated rings. The van der Waals surface area contributed by atoms with E-state index >= 15 is 0 Å². The lowest BCUT2D eigenvalue weighted by atomic mass is 10.0. The number of nitrogens with zero attached hydrogens (tertiary/aromatic N) is 1. The molecule has 0 bridgehead atoms. The molecule has 6 heteroatoms. The van der Waals surface area contributed by atoms with Gasteiger partial charge in [0.05, 0.1) is 6.42 Å². The van der Waals surface area contributed by atoms with Gasteiger partial charge in [-0.05, 0) is 38.0 Å². The fourth-order valence-electron chi connectivity index (χ4n) is 2.35. The maximum atomic E-state index is 11.7. The molecule has 1 aliphatic rings. The first-order valence-corrected chi connectivity index (χ1v) is 7.29. The number of alkyl carbamates (subject to hydrolysis) is 1. The number of hydrogen-bond donors (Lipinski definition) is 2. The van der Waals surface area contributed by atoms with E-state index in [1.165, 1.54) is 0 Å². The van der Waals surface area contributed by atoms with Crippen molar-refractivity contribution in [3.63, 3.8) is 0 Å². The van der Waals surface area contributed by atoms with Gasteiger partial charge in [-0.1, -0.05) is 12.1 Å². The van der Waals surface area contributed by atoms with Crippen molar-refractivity contribution in [2.24, 2.45) is 5.73 Å². The lowest BCUT2D eigenvalue weighted by molar-refractivity contribution is -0.117. The third-order valence-corrected chi connectivity index (χ3v) is 3.47. The smallest absolute Gasteiger partial charge is 0.407 e. The molecule has 0 aliphatic carbocycles. The Morgan fingerprint density at radius 1 is 1.45 bits per heavy atom. The zero-order valence-corrected chi connectivity index (χ0v) is 13.5. The van der Waals surface area contributed by atoms with Crippen LogP contribution in [0, 0.1) is 0 Å². The Balaban J connectivity index is 1.97. The van der Waals surface area contributed by atoms with Crippen LogP contribution in [0.4, 0.5) is 10.5 Å². The van der Waals surface area contributed by atoms with Gasteiger partial charge in [0.25, 0.3) is 0 Å². The first kappa shape index (κ1) is 16.3. The summed E-state index contributed by atoms with van der Waals surface area (Å²) >= 11 is 0. The van der Waals surface area contributed by atoms with Gasteiger partial charge in [-0.3, -0.25) is 4.79 Å². The molecule has 120 valence electrons. The first-order valence-electron chi connectivity index (χ1n) is 7.29. The van der Waals surface area contributed by atoms with E-state index in [0.29, 0.717) is 6.42 Å². The number of amides is 2. The average Bonchev–Trinajstić information content (AvgIpc) is 2.69. The van der Waals surface area contributed by atoms with Crippen LogP contribution in [0.5, 0.6) is 0 Å². The fraction of sp³-hybridized carbons (Fsp3) is 0.500. The number of likely N-dealkylation sites (N-methyl/N-ethyl adjacent to an activating group) is 1. The Bertz CT molecular complexity index is 593. The number of ether oxygens (including phenoxy) is 1. The number of nitrogens with two attached hydrogens (primary N) is 1. The number of anilines is 1. The molecule has 0 saturated heterocycles. The van der Waals surface area contributed by atoms with Crippen LogP contribution in [0.1, 0.15) is 37.9 Å².